The zero-order chi connectivity index (χ0) is 6.69. The molecule has 0 saturated heterocycles. The SMILES string of the molecule is C=CCc1nc(S)cs1. The zero-order valence-electron chi connectivity index (χ0n) is 4.87. The van der Waals surface area contributed by atoms with E-state index in [-0.39, 0.29) is 0 Å². The molecule has 0 saturated carbocycles. The number of allylic oxidation sites excluding steroid dienone is 1. The summed E-state index contributed by atoms with van der Waals surface area (Å²) in [6.45, 7) is 3.61. The van der Waals surface area contributed by atoms with Gasteiger partial charge >= 0.3 is 0 Å². The Morgan fingerprint density at radius 1 is 1.89 bits per heavy atom. The molecule has 1 heterocycles. The van der Waals surface area contributed by atoms with Gasteiger partial charge in [0.25, 0.3) is 0 Å². The summed E-state index contributed by atoms with van der Waals surface area (Å²) in [6.07, 6.45) is 2.69. The average Bonchev–Trinajstić information content (AvgIpc) is 2.17. The van der Waals surface area contributed by atoms with E-state index in [0.717, 1.165) is 16.5 Å². The van der Waals surface area contributed by atoms with Crippen molar-refractivity contribution in [2.45, 2.75) is 11.4 Å². The van der Waals surface area contributed by atoms with Crippen LogP contribution in [0.4, 0.5) is 0 Å². The fraction of sp³-hybridized carbons (Fsp3) is 0.167. The Bertz CT molecular complexity index is 205. The molecule has 9 heavy (non-hydrogen) atoms. The second kappa shape index (κ2) is 3.03. The summed E-state index contributed by atoms with van der Waals surface area (Å²) in [5.41, 5.74) is 0. The van der Waals surface area contributed by atoms with Gasteiger partial charge in [0.15, 0.2) is 0 Å². The lowest BCUT2D eigenvalue weighted by Gasteiger charge is -1.81. The number of hydrogen-bond donors (Lipinski definition) is 1. The number of nitrogens with zero attached hydrogens (tertiary/aromatic N) is 1. The molecular formula is C6H7NS2. The molecule has 0 aliphatic heterocycles. The molecule has 0 aromatic carbocycles. The normalized spacial score (nSPS) is 9.44. The van der Waals surface area contributed by atoms with Crippen molar-refractivity contribution in [3.05, 3.63) is 23.0 Å². The summed E-state index contributed by atoms with van der Waals surface area (Å²) in [5.74, 6) is 0. The molecule has 0 amide bonds. The molecule has 1 aromatic heterocycles. The minimum Gasteiger partial charge on any atom is -0.235 e. The van der Waals surface area contributed by atoms with Crippen LogP contribution in [0.2, 0.25) is 0 Å². The molecule has 1 rings (SSSR count). The van der Waals surface area contributed by atoms with Crippen molar-refractivity contribution in [2.24, 2.45) is 0 Å². The maximum absolute atomic E-state index is 4.11. The maximum Gasteiger partial charge on any atom is 0.104 e. The number of thiol groups is 1. The van der Waals surface area contributed by atoms with Gasteiger partial charge in [-0.2, -0.15) is 0 Å². The van der Waals surface area contributed by atoms with Gasteiger partial charge in [-0.3, -0.25) is 0 Å². The second-order valence-electron chi connectivity index (χ2n) is 1.59. The van der Waals surface area contributed by atoms with Crippen molar-refractivity contribution in [1.29, 1.82) is 0 Å². The van der Waals surface area contributed by atoms with Gasteiger partial charge in [-0.15, -0.1) is 30.5 Å². The first-order valence-electron chi connectivity index (χ1n) is 2.57. The molecule has 0 aliphatic carbocycles. The third-order valence-corrected chi connectivity index (χ3v) is 2.13. The Morgan fingerprint density at radius 2 is 2.67 bits per heavy atom. The van der Waals surface area contributed by atoms with Gasteiger partial charge < -0.3 is 0 Å². The molecule has 1 aromatic rings. The molecule has 48 valence electrons. The Hall–Kier alpha value is -0.280. The van der Waals surface area contributed by atoms with Gasteiger partial charge in [-0.05, 0) is 0 Å². The zero-order valence-corrected chi connectivity index (χ0v) is 6.58. The highest BCUT2D eigenvalue weighted by atomic mass is 32.1. The van der Waals surface area contributed by atoms with Crippen molar-refractivity contribution >= 4 is 24.0 Å². The van der Waals surface area contributed by atoms with Crippen molar-refractivity contribution in [3.63, 3.8) is 0 Å². The van der Waals surface area contributed by atoms with Crippen LogP contribution in [0, 0.1) is 0 Å². The van der Waals surface area contributed by atoms with E-state index in [4.69, 9.17) is 0 Å². The topological polar surface area (TPSA) is 12.9 Å². The molecule has 0 radical (unpaired) electrons. The van der Waals surface area contributed by atoms with E-state index in [2.05, 4.69) is 24.2 Å². The van der Waals surface area contributed by atoms with Gasteiger partial charge in [-0.1, -0.05) is 6.08 Å². The van der Waals surface area contributed by atoms with E-state index in [0.29, 0.717) is 0 Å². The van der Waals surface area contributed by atoms with E-state index in [1.807, 2.05) is 11.5 Å². The Morgan fingerprint density at radius 3 is 3.11 bits per heavy atom. The van der Waals surface area contributed by atoms with E-state index < -0.39 is 0 Å². The summed E-state index contributed by atoms with van der Waals surface area (Å²) in [7, 11) is 0. The first-order chi connectivity index (χ1) is 4.33. The lowest BCUT2D eigenvalue weighted by atomic mass is 10.4. The van der Waals surface area contributed by atoms with Gasteiger partial charge in [0.1, 0.15) is 5.03 Å². The Kier molecular flexibility index (Phi) is 2.30. The minimum atomic E-state index is 0.803. The molecule has 1 nitrogen and oxygen atoms in total. The van der Waals surface area contributed by atoms with Crippen LogP contribution in [0.1, 0.15) is 5.01 Å². The van der Waals surface area contributed by atoms with E-state index in [1.165, 1.54) is 0 Å². The summed E-state index contributed by atoms with van der Waals surface area (Å²) >= 11 is 5.68. The van der Waals surface area contributed by atoms with Crippen LogP contribution in [0.15, 0.2) is 23.1 Å². The molecule has 0 unspecified atom stereocenters. The fourth-order valence-electron chi connectivity index (χ4n) is 0.518. The number of rotatable bonds is 2. The molecule has 0 bridgehead atoms. The number of hydrogen-bond acceptors (Lipinski definition) is 3. The predicted octanol–water partition coefficient (Wildman–Crippen LogP) is 2.16. The molecular weight excluding hydrogens is 150 g/mol. The number of aromatic nitrogens is 1. The van der Waals surface area contributed by atoms with Crippen LogP contribution in [0.3, 0.4) is 0 Å². The molecule has 0 atom stereocenters. The fourth-order valence-corrected chi connectivity index (χ4v) is 1.52. The highest BCUT2D eigenvalue weighted by molar-refractivity contribution is 7.80. The van der Waals surface area contributed by atoms with Gasteiger partial charge in [0, 0.05) is 11.8 Å². The quantitative estimate of drug-likeness (QED) is 0.513. The van der Waals surface area contributed by atoms with Gasteiger partial charge in [0.05, 0.1) is 5.01 Å². The standard InChI is InChI=1S/C6H7NS2/c1-2-3-6-7-5(8)4-9-6/h2,4,8H,1,3H2. The van der Waals surface area contributed by atoms with Crippen LogP contribution >= 0.6 is 24.0 Å². The Balaban J connectivity index is 2.72. The second-order valence-corrected chi connectivity index (χ2v) is 2.99. The van der Waals surface area contributed by atoms with Crippen molar-refractivity contribution in [3.8, 4) is 0 Å². The third-order valence-electron chi connectivity index (χ3n) is 0.859. The van der Waals surface area contributed by atoms with Gasteiger partial charge in [0.2, 0.25) is 0 Å². The Labute approximate surface area is 63.9 Å². The summed E-state index contributed by atoms with van der Waals surface area (Å²) in [6, 6.07) is 0. The van der Waals surface area contributed by atoms with Crippen LogP contribution in [-0.2, 0) is 6.42 Å². The van der Waals surface area contributed by atoms with E-state index in [9.17, 15) is 0 Å². The van der Waals surface area contributed by atoms with Crippen molar-refractivity contribution < 1.29 is 0 Å². The first kappa shape index (κ1) is 6.83. The molecule has 0 aliphatic rings. The lowest BCUT2D eigenvalue weighted by molar-refractivity contribution is 1.10. The van der Waals surface area contributed by atoms with E-state index in [1.54, 1.807) is 11.3 Å². The van der Waals surface area contributed by atoms with Crippen molar-refractivity contribution in [1.82, 2.24) is 4.98 Å². The smallest absolute Gasteiger partial charge is 0.104 e. The number of thiazole rings is 1. The first-order valence-corrected chi connectivity index (χ1v) is 3.90. The van der Waals surface area contributed by atoms with E-state index >= 15 is 0 Å². The van der Waals surface area contributed by atoms with Crippen LogP contribution in [0.25, 0.3) is 0 Å². The minimum absolute atomic E-state index is 0.803. The van der Waals surface area contributed by atoms with Crippen molar-refractivity contribution in [2.75, 3.05) is 0 Å². The molecule has 0 spiro atoms. The highest BCUT2D eigenvalue weighted by Crippen LogP contribution is 2.12. The van der Waals surface area contributed by atoms with Gasteiger partial charge in [-0.25, -0.2) is 4.98 Å². The maximum atomic E-state index is 4.11. The summed E-state index contributed by atoms with van der Waals surface area (Å²) in [4.78, 5) is 4.11. The van der Waals surface area contributed by atoms with Crippen LogP contribution in [0.5, 0.6) is 0 Å². The predicted molar refractivity (Wildman–Crippen MR) is 43.3 cm³/mol. The van der Waals surface area contributed by atoms with Crippen LogP contribution in [-0.4, -0.2) is 4.98 Å². The summed E-state index contributed by atoms with van der Waals surface area (Å²) in [5, 5.41) is 3.80. The highest BCUT2D eigenvalue weighted by Gasteiger charge is 1.93. The largest absolute Gasteiger partial charge is 0.235 e. The molecule has 3 heteroatoms. The van der Waals surface area contributed by atoms with Crippen LogP contribution < -0.4 is 0 Å². The molecule has 0 fully saturated rings. The monoisotopic (exact) mass is 157 g/mol. The molecule has 0 N–H and O–H groups in total. The lowest BCUT2D eigenvalue weighted by Crippen LogP contribution is -1.75. The third kappa shape index (κ3) is 1.84. The summed E-state index contributed by atoms with van der Waals surface area (Å²) < 4.78 is 0. The average molecular weight is 157 g/mol.